The van der Waals surface area contributed by atoms with Gasteiger partial charge in [-0.15, -0.1) is 10.2 Å². The van der Waals surface area contributed by atoms with Crippen LogP contribution in [0.1, 0.15) is 5.82 Å². The van der Waals surface area contributed by atoms with Gasteiger partial charge in [-0.05, 0) is 6.92 Å². The van der Waals surface area contributed by atoms with E-state index in [9.17, 15) is 13.2 Å². The Morgan fingerprint density at radius 2 is 2.08 bits per heavy atom. The van der Waals surface area contributed by atoms with E-state index >= 15 is 0 Å². The van der Waals surface area contributed by atoms with Crippen LogP contribution in [0.4, 0.5) is 13.2 Å². The van der Waals surface area contributed by atoms with Gasteiger partial charge in [-0.2, -0.15) is 13.2 Å². The molecule has 0 bridgehead atoms. The second kappa shape index (κ2) is 3.44. The van der Waals surface area contributed by atoms with Crippen molar-refractivity contribution in [3.8, 4) is 0 Å². The summed E-state index contributed by atoms with van der Waals surface area (Å²) >= 11 is 0.514. The third kappa shape index (κ3) is 2.79. The van der Waals surface area contributed by atoms with Crippen molar-refractivity contribution in [1.82, 2.24) is 14.9 Å². The van der Waals surface area contributed by atoms with Crippen LogP contribution in [0, 0.1) is 6.92 Å². The van der Waals surface area contributed by atoms with Gasteiger partial charge in [-0.1, -0.05) is 11.8 Å². The number of nitrogen functional groups attached to an aromatic ring is 1. The molecule has 13 heavy (non-hydrogen) atoms. The molecular weight excluding hydrogens is 205 g/mol. The first-order valence-corrected chi connectivity index (χ1v) is 4.25. The predicted octanol–water partition coefficient (Wildman–Crippen LogP) is 0.955. The van der Waals surface area contributed by atoms with Crippen molar-refractivity contribution in [2.45, 2.75) is 18.3 Å². The van der Waals surface area contributed by atoms with E-state index < -0.39 is 11.9 Å². The first-order chi connectivity index (χ1) is 5.90. The van der Waals surface area contributed by atoms with Crippen molar-refractivity contribution >= 4 is 11.8 Å². The van der Waals surface area contributed by atoms with E-state index in [4.69, 9.17) is 5.84 Å². The molecule has 0 aliphatic heterocycles. The van der Waals surface area contributed by atoms with Crippen LogP contribution in [0.5, 0.6) is 0 Å². The molecule has 74 valence electrons. The number of aryl methyl sites for hydroxylation is 1. The molecule has 0 amide bonds. The first-order valence-electron chi connectivity index (χ1n) is 3.27. The minimum absolute atomic E-state index is 0.0647. The maximum absolute atomic E-state index is 11.8. The van der Waals surface area contributed by atoms with Gasteiger partial charge in [-0.3, -0.25) is 0 Å². The number of hydrogen-bond acceptors (Lipinski definition) is 4. The highest BCUT2D eigenvalue weighted by molar-refractivity contribution is 7.99. The van der Waals surface area contributed by atoms with Crippen LogP contribution in [0.2, 0.25) is 0 Å². The molecule has 2 N–H and O–H groups in total. The molecule has 8 heteroatoms. The topological polar surface area (TPSA) is 56.7 Å². The molecule has 0 spiro atoms. The molecule has 1 heterocycles. The van der Waals surface area contributed by atoms with Crippen molar-refractivity contribution in [2.24, 2.45) is 0 Å². The maximum atomic E-state index is 11.8. The van der Waals surface area contributed by atoms with Crippen LogP contribution in [0.25, 0.3) is 0 Å². The summed E-state index contributed by atoms with van der Waals surface area (Å²) in [7, 11) is 0. The number of nitrogens with zero attached hydrogens (tertiary/aromatic N) is 3. The lowest BCUT2D eigenvalue weighted by Gasteiger charge is -2.04. The predicted molar refractivity (Wildman–Crippen MR) is 41.7 cm³/mol. The normalized spacial score (nSPS) is 12.0. The monoisotopic (exact) mass is 212 g/mol. The molecular formula is C5H7F3N4S. The van der Waals surface area contributed by atoms with Gasteiger partial charge in [0.15, 0.2) is 0 Å². The van der Waals surface area contributed by atoms with Gasteiger partial charge in [0.1, 0.15) is 5.82 Å². The summed E-state index contributed by atoms with van der Waals surface area (Å²) in [5, 5.41) is 7.05. The van der Waals surface area contributed by atoms with Gasteiger partial charge in [0.05, 0.1) is 5.75 Å². The summed E-state index contributed by atoms with van der Waals surface area (Å²) in [5.41, 5.74) is 0. The molecule has 1 aromatic rings. The highest BCUT2D eigenvalue weighted by atomic mass is 32.2. The third-order valence-electron chi connectivity index (χ3n) is 1.20. The lowest BCUT2D eigenvalue weighted by atomic mass is 10.7. The summed E-state index contributed by atoms with van der Waals surface area (Å²) in [6.07, 6.45) is -4.22. The molecule has 1 rings (SSSR count). The molecule has 0 atom stereocenters. The highest BCUT2D eigenvalue weighted by Gasteiger charge is 2.28. The van der Waals surface area contributed by atoms with Gasteiger partial charge in [0, 0.05) is 0 Å². The zero-order valence-corrected chi connectivity index (χ0v) is 7.48. The van der Waals surface area contributed by atoms with Crippen LogP contribution in [0.15, 0.2) is 5.16 Å². The second-order valence-corrected chi connectivity index (χ2v) is 3.25. The largest absolute Gasteiger partial charge is 0.398 e. The Labute approximate surface area is 76.3 Å². The summed E-state index contributed by atoms with van der Waals surface area (Å²) in [5.74, 6) is 4.70. The molecule has 0 aliphatic carbocycles. The molecule has 4 nitrogen and oxygen atoms in total. The van der Waals surface area contributed by atoms with Gasteiger partial charge >= 0.3 is 6.18 Å². The van der Waals surface area contributed by atoms with Crippen LogP contribution in [-0.4, -0.2) is 26.8 Å². The van der Waals surface area contributed by atoms with Crippen molar-refractivity contribution in [2.75, 3.05) is 11.6 Å². The van der Waals surface area contributed by atoms with Crippen LogP contribution in [0.3, 0.4) is 0 Å². The average molecular weight is 212 g/mol. The van der Waals surface area contributed by atoms with Crippen molar-refractivity contribution < 1.29 is 13.2 Å². The molecule has 0 aliphatic rings. The van der Waals surface area contributed by atoms with Gasteiger partial charge in [0.25, 0.3) is 0 Å². The van der Waals surface area contributed by atoms with Gasteiger partial charge in [-0.25, -0.2) is 4.68 Å². The third-order valence-corrected chi connectivity index (χ3v) is 2.21. The zero-order chi connectivity index (χ0) is 10.1. The van der Waals surface area contributed by atoms with Crippen LogP contribution in [-0.2, 0) is 0 Å². The minimum Gasteiger partial charge on any atom is -0.336 e. The fourth-order valence-corrected chi connectivity index (χ4v) is 1.26. The van der Waals surface area contributed by atoms with E-state index in [1.165, 1.54) is 0 Å². The lowest BCUT2D eigenvalue weighted by Crippen LogP contribution is -2.15. The highest BCUT2D eigenvalue weighted by Crippen LogP contribution is 2.25. The molecule has 0 unspecified atom stereocenters. The number of halogens is 3. The summed E-state index contributed by atoms with van der Waals surface area (Å²) in [4.78, 5) is 0. The summed E-state index contributed by atoms with van der Waals surface area (Å²) in [6, 6.07) is 0. The summed E-state index contributed by atoms with van der Waals surface area (Å²) < 4.78 is 36.3. The number of nitrogens with two attached hydrogens (primary N) is 1. The molecule has 0 radical (unpaired) electrons. The Hall–Kier alpha value is -0.920. The van der Waals surface area contributed by atoms with Crippen LogP contribution < -0.4 is 5.84 Å². The molecule has 0 saturated carbocycles. The van der Waals surface area contributed by atoms with Gasteiger partial charge in [0.2, 0.25) is 5.16 Å². The average Bonchev–Trinajstić information content (AvgIpc) is 2.29. The minimum atomic E-state index is -4.22. The van der Waals surface area contributed by atoms with E-state index in [0.29, 0.717) is 17.6 Å². The Bertz CT molecular complexity index is 294. The van der Waals surface area contributed by atoms with Crippen molar-refractivity contribution in [1.29, 1.82) is 0 Å². The Balaban J connectivity index is 2.60. The lowest BCUT2D eigenvalue weighted by molar-refractivity contribution is -0.105. The summed E-state index contributed by atoms with van der Waals surface area (Å²) in [6.45, 7) is 1.56. The first kappa shape index (κ1) is 10.2. The van der Waals surface area contributed by atoms with Gasteiger partial charge < -0.3 is 5.84 Å². The zero-order valence-electron chi connectivity index (χ0n) is 6.67. The van der Waals surface area contributed by atoms with Crippen molar-refractivity contribution in [3.63, 3.8) is 0 Å². The smallest absolute Gasteiger partial charge is 0.336 e. The van der Waals surface area contributed by atoms with E-state index in [1.807, 2.05) is 0 Å². The standard InChI is InChI=1S/C5H7F3N4S/c1-3-10-11-4(12(3)9)13-2-5(6,7)8/h2,9H2,1H3. The molecule has 0 fully saturated rings. The number of rotatable bonds is 2. The number of aromatic nitrogens is 3. The number of thioether (sulfide) groups is 1. The Kier molecular flexibility index (Phi) is 2.69. The van der Waals surface area contributed by atoms with Crippen molar-refractivity contribution in [3.05, 3.63) is 5.82 Å². The number of alkyl halides is 3. The maximum Gasteiger partial charge on any atom is 0.398 e. The SMILES string of the molecule is Cc1nnc(SCC(F)(F)F)n1N. The van der Waals surface area contributed by atoms with Crippen LogP contribution >= 0.6 is 11.8 Å². The second-order valence-electron chi connectivity index (χ2n) is 2.30. The van der Waals surface area contributed by atoms with E-state index in [2.05, 4.69) is 10.2 Å². The van der Waals surface area contributed by atoms with E-state index in [1.54, 1.807) is 6.92 Å². The Morgan fingerprint density at radius 3 is 2.46 bits per heavy atom. The van der Waals surface area contributed by atoms with E-state index in [0.717, 1.165) is 4.68 Å². The van der Waals surface area contributed by atoms with E-state index in [-0.39, 0.29) is 5.16 Å². The Morgan fingerprint density at radius 1 is 1.46 bits per heavy atom. The molecule has 0 aromatic carbocycles. The number of hydrogen-bond donors (Lipinski definition) is 1. The fourth-order valence-electron chi connectivity index (χ4n) is 0.595. The fraction of sp³-hybridized carbons (Fsp3) is 0.600. The molecule has 1 aromatic heterocycles. The molecule has 0 saturated heterocycles. The quantitative estimate of drug-likeness (QED) is 0.586.